The van der Waals surface area contributed by atoms with Gasteiger partial charge in [-0.05, 0) is 37.3 Å². The smallest absolute Gasteiger partial charge is 0.240 e. The van der Waals surface area contributed by atoms with Crippen LogP contribution >= 0.6 is 11.8 Å². The number of carbonyl (C=O) groups is 1. The summed E-state index contributed by atoms with van der Waals surface area (Å²) in [5.41, 5.74) is 4.09. The van der Waals surface area contributed by atoms with Gasteiger partial charge in [-0.1, -0.05) is 6.07 Å². The third-order valence-corrected chi connectivity index (χ3v) is 3.85. The zero-order valence-electron chi connectivity index (χ0n) is 12.1. The number of nitrogens with one attached hydrogen (secondary N) is 1. The fraction of sp³-hybridized carbons (Fsp3) is 0.188. The van der Waals surface area contributed by atoms with E-state index in [0.717, 1.165) is 10.5 Å². The van der Waals surface area contributed by atoms with Crippen molar-refractivity contribution in [1.82, 2.24) is 10.4 Å². The molecule has 1 aromatic carbocycles. The number of hydrazone groups is 1. The SMILES string of the molecule is C/C(=N/NC(=O)CCSc1ccc(F)cc1)c1cccnc1. The van der Waals surface area contributed by atoms with E-state index in [-0.39, 0.29) is 11.7 Å². The van der Waals surface area contributed by atoms with Crippen LogP contribution in [0, 0.1) is 5.82 Å². The first-order valence-corrected chi connectivity index (χ1v) is 7.75. The van der Waals surface area contributed by atoms with Gasteiger partial charge in [0.1, 0.15) is 5.82 Å². The van der Waals surface area contributed by atoms with Crippen LogP contribution in [0.2, 0.25) is 0 Å². The number of nitrogens with zero attached hydrogens (tertiary/aromatic N) is 2. The Labute approximate surface area is 132 Å². The molecule has 0 aliphatic heterocycles. The fourth-order valence-electron chi connectivity index (χ4n) is 1.64. The Kier molecular flexibility index (Phi) is 6.09. The van der Waals surface area contributed by atoms with Gasteiger partial charge in [0.25, 0.3) is 0 Å². The average Bonchev–Trinajstić information content (AvgIpc) is 2.55. The van der Waals surface area contributed by atoms with Crippen LogP contribution in [0.5, 0.6) is 0 Å². The van der Waals surface area contributed by atoms with Crippen LogP contribution in [0.25, 0.3) is 0 Å². The van der Waals surface area contributed by atoms with Crippen LogP contribution in [0.4, 0.5) is 4.39 Å². The Hall–Kier alpha value is -2.21. The van der Waals surface area contributed by atoms with E-state index in [4.69, 9.17) is 0 Å². The molecule has 0 aliphatic rings. The van der Waals surface area contributed by atoms with Crippen molar-refractivity contribution in [3.05, 3.63) is 60.2 Å². The maximum Gasteiger partial charge on any atom is 0.240 e. The third kappa shape index (κ3) is 5.29. The molecule has 0 unspecified atom stereocenters. The minimum Gasteiger partial charge on any atom is -0.273 e. The topological polar surface area (TPSA) is 54.4 Å². The largest absolute Gasteiger partial charge is 0.273 e. The number of hydrogen-bond acceptors (Lipinski definition) is 4. The van der Waals surface area contributed by atoms with Crippen LogP contribution < -0.4 is 5.43 Å². The Morgan fingerprint density at radius 2 is 2.09 bits per heavy atom. The van der Waals surface area contributed by atoms with Gasteiger partial charge >= 0.3 is 0 Å². The van der Waals surface area contributed by atoms with E-state index in [0.29, 0.717) is 17.9 Å². The summed E-state index contributed by atoms with van der Waals surface area (Å²) < 4.78 is 12.8. The molecule has 0 atom stereocenters. The molecule has 0 spiro atoms. The molecule has 1 aromatic heterocycles. The van der Waals surface area contributed by atoms with Gasteiger partial charge in [-0.2, -0.15) is 5.10 Å². The van der Waals surface area contributed by atoms with Gasteiger partial charge < -0.3 is 0 Å². The first kappa shape index (κ1) is 16.2. The predicted molar refractivity (Wildman–Crippen MR) is 86.3 cm³/mol. The zero-order chi connectivity index (χ0) is 15.8. The lowest BCUT2D eigenvalue weighted by molar-refractivity contribution is -0.120. The van der Waals surface area contributed by atoms with E-state index in [1.54, 1.807) is 24.5 Å². The summed E-state index contributed by atoms with van der Waals surface area (Å²) in [5.74, 6) is 0.194. The molecule has 0 bridgehead atoms. The molecular weight excluding hydrogens is 301 g/mol. The maximum atomic E-state index is 12.8. The van der Waals surface area contributed by atoms with Crippen molar-refractivity contribution in [2.45, 2.75) is 18.2 Å². The summed E-state index contributed by atoms with van der Waals surface area (Å²) in [4.78, 5) is 16.6. The molecule has 0 aliphatic carbocycles. The number of aromatic nitrogens is 1. The first-order valence-electron chi connectivity index (χ1n) is 6.77. The lowest BCUT2D eigenvalue weighted by Crippen LogP contribution is -2.19. The highest BCUT2D eigenvalue weighted by Gasteiger charge is 2.02. The zero-order valence-corrected chi connectivity index (χ0v) is 12.9. The van der Waals surface area contributed by atoms with E-state index in [1.807, 2.05) is 19.1 Å². The van der Waals surface area contributed by atoms with Crippen LogP contribution in [0.1, 0.15) is 18.9 Å². The van der Waals surface area contributed by atoms with Gasteiger partial charge in [-0.15, -0.1) is 11.8 Å². The molecule has 1 N–H and O–H groups in total. The van der Waals surface area contributed by atoms with Gasteiger partial charge in [0.2, 0.25) is 5.91 Å². The number of amides is 1. The number of hydrogen-bond donors (Lipinski definition) is 1. The number of halogens is 1. The Morgan fingerprint density at radius 1 is 1.32 bits per heavy atom. The van der Waals surface area contributed by atoms with Crippen LogP contribution in [-0.4, -0.2) is 22.4 Å². The third-order valence-electron chi connectivity index (χ3n) is 2.84. The highest BCUT2D eigenvalue weighted by atomic mass is 32.2. The molecule has 0 fully saturated rings. The van der Waals surface area contributed by atoms with Crippen molar-refractivity contribution in [1.29, 1.82) is 0 Å². The standard InChI is InChI=1S/C16H16FN3OS/c1-12(13-3-2-9-18-11-13)19-20-16(21)8-10-22-15-6-4-14(17)5-7-15/h2-7,9,11H,8,10H2,1H3,(H,20,21)/b19-12-. The molecule has 114 valence electrons. The van der Waals surface area contributed by atoms with Crippen LogP contribution in [0.15, 0.2) is 58.8 Å². The van der Waals surface area contributed by atoms with Gasteiger partial charge in [0, 0.05) is 35.0 Å². The average molecular weight is 317 g/mol. The Bertz CT molecular complexity index is 644. The summed E-state index contributed by atoms with van der Waals surface area (Å²) in [6, 6.07) is 9.90. The maximum absolute atomic E-state index is 12.8. The molecule has 4 nitrogen and oxygen atoms in total. The number of carbonyl (C=O) groups excluding carboxylic acids is 1. The van der Waals surface area contributed by atoms with E-state index >= 15 is 0 Å². The Morgan fingerprint density at radius 3 is 2.77 bits per heavy atom. The molecule has 6 heteroatoms. The highest BCUT2D eigenvalue weighted by Crippen LogP contribution is 2.18. The molecule has 22 heavy (non-hydrogen) atoms. The van der Waals surface area contributed by atoms with E-state index in [2.05, 4.69) is 15.5 Å². The molecule has 2 rings (SSSR count). The Balaban J connectivity index is 1.75. The molecule has 0 saturated carbocycles. The number of thioether (sulfide) groups is 1. The minimum atomic E-state index is -0.262. The van der Waals surface area contributed by atoms with Gasteiger partial charge in [-0.3, -0.25) is 9.78 Å². The first-order chi connectivity index (χ1) is 10.6. The van der Waals surface area contributed by atoms with E-state index in [1.165, 1.54) is 23.9 Å². The van der Waals surface area contributed by atoms with Crippen molar-refractivity contribution < 1.29 is 9.18 Å². The normalized spacial score (nSPS) is 11.3. The lowest BCUT2D eigenvalue weighted by Gasteiger charge is -2.03. The second kappa shape index (κ2) is 8.29. The molecule has 1 amide bonds. The predicted octanol–water partition coefficient (Wildman–Crippen LogP) is 3.24. The summed E-state index contributed by atoms with van der Waals surface area (Å²) >= 11 is 1.50. The van der Waals surface area contributed by atoms with Crippen molar-refractivity contribution in [3.8, 4) is 0 Å². The van der Waals surface area contributed by atoms with Crippen LogP contribution in [-0.2, 0) is 4.79 Å². The van der Waals surface area contributed by atoms with Crippen LogP contribution in [0.3, 0.4) is 0 Å². The van der Waals surface area contributed by atoms with E-state index < -0.39 is 0 Å². The number of rotatable bonds is 6. The van der Waals surface area contributed by atoms with Crippen molar-refractivity contribution in [3.63, 3.8) is 0 Å². The summed E-state index contributed by atoms with van der Waals surface area (Å²) in [7, 11) is 0. The second-order valence-electron chi connectivity index (χ2n) is 4.53. The van der Waals surface area contributed by atoms with E-state index in [9.17, 15) is 9.18 Å². The second-order valence-corrected chi connectivity index (χ2v) is 5.69. The fourth-order valence-corrected chi connectivity index (χ4v) is 2.49. The van der Waals surface area contributed by atoms with Crippen molar-refractivity contribution >= 4 is 23.4 Å². The van der Waals surface area contributed by atoms with Crippen molar-refractivity contribution in [2.24, 2.45) is 5.10 Å². The monoisotopic (exact) mass is 317 g/mol. The van der Waals surface area contributed by atoms with Gasteiger partial charge in [0.15, 0.2) is 0 Å². The molecular formula is C16H16FN3OS. The quantitative estimate of drug-likeness (QED) is 0.505. The molecule has 0 saturated heterocycles. The van der Waals surface area contributed by atoms with Gasteiger partial charge in [-0.25, -0.2) is 9.82 Å². The van der Waals surface area contributed by atoms with Gasteiger partial charge in [0.05, 0.1) is 5.71 Å². The lowest BCUT2D eigenvalue weighted by atomic mass is 10.2. The minimum absolute atomic E-state index is 0.155. The summed E-state index contributed by atoms with van der Waals surface area (Å²) in [6.07, 6.45) is 3.71. The molecule has 1 heterocycles. The molecule has 0 radical (unpaired) electrons. The number of pyridine rings is 1. The highest BCUT2D eigenvalue weighted by molar-refractivity contribution is 7.99. The summed E-state index contributed by atoms with van der Waals surface area (Å²) in [5, 5.41) is 4.05. The molecule has 2 aromatic rings. The van der Waals surface area contributed by atoms with Crippen molar-refractivity contribution in [2.75, 3.05) is 5.75 Å². The number of benzene rings is 1. The summed E-state index contributed by atoms with van der Waals surface area (Å²) in [6.45, 7) is 1.81.